The van der Waals surface area contributed by atoms with Crippen molar-refractivity contribution in [1.82, 2.24) is 0 Å². The van der Waals surface area contributed by atoms with Crippen LogP contribution >= 0.6 is 0 Å². The third-order valence-corrected chi connectivity index (χ3v) is 22.9. The Hall–Kier alpha value is -10.3. The molecule has 0 N–H and O–H groups in total. The minimum atomic E-state index is -0.179. The largest absolute Gasteiger partial charge is 0.309 e. The summed E-state index contributed by atoms with van der Waals surface area (Å²) in [4.78, 5) is 5.40. The fourth-order valence-electron chi connectivity index (χ4n) is 15.9. The van der Waals surface area contributed by atoms with Crippen LogP contribution in [0.3, 0.4) is 0 Å². The lowest BCUT2D eigenvalue weighted by Gasteiger charge is -2.36. The molecule has 0 unspecified atom stereocenters. The van der Waals surface area contributed by atoms with Crippen LogP contribution in [0.2, 0.25) is 0 Å². The summed E-state index contributed by atoms with van der Waals surface area (Å²) in [6.45, 7) is 57.0. The molecular weight excluding hydrogens is 1330 g/mol. The summed E-state index contributed by atoms with van der Waals surface area (Å²) in [6.07, 6.45) is 0. The highest BCUT2D eigenvalue weighted by molar-refractivity contribution is 6.32. The average Bonchev–Trinajstić information content (AvgIpc) is 0.697. The van der Waals surface area contributed by atoms with Gasteiger partial charge in [-0.3, -0.25) is 0 Å². The lowest BCUT2D eigenvalue weighted by molar-refractivity contribution is 0.567. The second-order valence-corrected chi connectivity index (χ2v) is 39.7. The number of benzene rings is 14. The number of nitrogens with zero attached hydrogens (tertiary/aromatic N) is 2. The van der Waals surface area contributed by atoms with Crippen LogP contribution in [-0.4, -0.2) is 0 Å². The Balaban J connectivity index is 1.27. The van der Waals surface area contributed by atoms with Crippen molar-refractivity contribution < 1.29 is 0 Å². The highest BCUT2D eigenvalue weighted by Gasteiger charge is 2.35. The molecule has 0 amide bonds. The predicted octanol–water partition coefficient (Wildman–Crippen LogP) is 32.0. The minimum absolute atomic E-state index is 0.179. The number of hydrogen-bond donors (Lipinski definition) is 0. The Labute approximate surface area is 659 Å². The second kappa shape index (κ2) is 27.9. The molecule has 558 valence electrons. The first-order valence-corrected chi connectivity index (χ1v) is 40.1. The van der Waals surface area contributed by atoms with Gasteiger partial charge in [0.05, 0.1) is 11.4 Å². The second-order valence-electron chi connectivity index (χ2n) is 39.7. The van der Waals surface area contributed by atoms with Crippen LogP contribution in [0.1, 0.15) is 211 Å². The van der Waals surface area contributed by atoms with Crippen molar-refractivity contribution >= 4 is 77.2 Å². The summed E-state index contributed by atoms with van der Waals surface area (Å²) in [6, 6.07) is 104. The Morgan fingerprint density at radius 2 is 0.336 bits per heavy atom. The minimum Gasteiger partial charge on any atom is -0.309 e. The van der Waals surface area contributed by atoms with Gasteiger partial charge in [0.2, 0.25) is 0 Å². The van der Waals surface area contributed by atoms with Crippen LogP contribution in [0.25, 0.3) is 98.7 Å². The Morgan fingerprint density at radius 1 is 0.155 bits per heavy atom. The molecule has 2 nitrogen and oxygen atoms in total. The fourth-order valence-corrected chi connectivity index (χ4v) is 15.9. The topological polar surface area (TPSA) is 6.48 Å². The van der Waals surface area contributed by atoms with Gasteiger partial charge in [-0.05, 0) is 238 Å². The highest BCUT2D eigenvalue weighted by atomic mass is 15.2. The van der Waals surface area contributed by atoms with E-state index in [1.807, 2.05) is 0 Å². The first-order chi connectivity index (χ1) is 51.6. The zero-order valence-electron chi connectivity index (χ0n) is 70.3. The molecule has 0 fully saturated rings. The van der Waals surface area contributed by atoms with Gasteiger partial charge in [0.15, 0.2) is 0 Å². The maximum absolute atomic E-state index is 2.70. The van der Waals surface area contributed by atoms with E-state index in [2.05, 4.69) is 443 Å². The van der Waals surface area contributed by atoms with E-state index in [1.165, 1.54) is 88.3 Å². The first kappa shape index (κ1) is 76.5. The summed E-state index contributed by atoms with van der Waals surface area (Å²) in [7, 11) is 0. The number of hydrogen-bond acceptors (Lipinski definition) is 2. The predicted molar refractivity (Wildman–Crippen MR) is 483 cm³/mol. The fraction of sp³-hybridized carbons (Fsp3) is 0.296. The quantitative estimate of drug-likeness (QED) is 0.119. The zero-order valence-corrected chi connectivity index (χ0v) is 70.3. The molecule has 0 heterocycles. The molecule has 0 saturated heterocycles. The highest BCUT2D eigenvalue weighted by Crippen LogP contribution is 2.58. The molecule has 0 aliphatic carbocycles. The number of anilines is 6. The Kier molecular flexibility index (Phi) is 19.4. The molecule has 0 aliphatic heterocycles. The van der Waals surface area contributed by atoms with E-state index in [0.717, 1.165) is 89.0 Å². The van der Waals surface area contributed by atoms with Gasteiger partial charge in [0.25, 0.3) is 0 Å². The Bertz CT molecular complexity index is 5170. The molecule has 0 radical (unpaired) electrons. The van der Waals surface area contributed by atoms with Gasteiger partial charge in [0, 0.05) is 44.3 Å². The molecule has 110 heavy (non-hydrogen) atoms. The van der Waals surface area contributed by atoms with Crippen molar-refractivity contribution in [3.8, 4) is 55.6 Å². The van der Waals surface area contributed by atoms with E-state index in [-0.39, 0.29) is 43.3 Å². The molecule has 0 bridgehead atoms. The van der Waals surface area contributed by atoms with E-state index in [0.29, 0.717) is 0 Å². The monoisotopic (exact) mass is 1440 g/mol. The molecule has 14 rings (SSSR count). The van der Waals surface area contributed by atoms with Crippen molar-refractivity contribution in [2.24, 2.45) is 0 Å². The molecule has 14 aromatic carbocycles. The van der Waals surface area contributed by atoms with Crippen molar-refractivity contribution in [3.05, 3.63) is 311 Å². The Morgan fingerprint density at radius 3 is 0.527 bits per heavy atom. The number of rotatable bonds is 11. The first-order valence-electron chi connectivity index (χ1n) is 40.1. The average molecular weight is 1440 g/mol. The molecular formula is C108H116N2. The lowest BCUT2D eigenvalue weighted by atomic mass is 9.78. The van der Waals surface area contributed by atoms with Gasteiger partial charge in [-0.25, -0.2) is 0 Å². The maximum Gasteiger partial charge on any atom is 0.0619 e. The molecule has 0 spiro atoms. The van der Waals surface area contributed by atoms with Gasteiger partial charge >= 0.3 is 0 Å². The van der Waals surface area contributed by atoms with Gasteiger partial charge in [-0.15, -0.1) is 0 Å². The van der Waals surface area contributed by atoms with Gasteiger partial charge in [0.1, 0.15) is 0 Å². The van der Waals surface area contributed by atoms with Crippen LogP contribution in [0, 0.1) is 0 Å². The van der Waals surface area contributed by atoms with Crippen LogP contribution in [-0.2, 0) is 43.3 Å². The standard InChI is InChI=1S/C108H116N2/c1-101(2,3)77-57-78(102(4,5)6)62-85(61-77)109(86-63-79(103(7,8)9)58-80(64-86)104(10,11)12)99-91-51-47-73(69-37-29-25-30-38-69)53-93(91)97(89-49-45-75(55-95(89)99)71-41-33-27-34-42-71)98-90-50-46-76(72-43-35-28-36-44-72)56-96(90)100(92-52-48-74(54-94(92)98)70-39-31-26-32-40-70)110(87-65-81(105(13,14)15)59-82(66-87)106(16,17)18)88-67-83(107(19,20)21)60-84(68-88)108(22,23)24/h25-68H,1-24H3. The summed E-state index contributed by atoms with van der Waals surface area (Å²) in [5.41, 5.74) is 27.4. The SMILES string of the molecule is CC(C)(C)c1cc(N(c2cc(C(C)(C)C)cc(C(C)(C)C)c2)c2c3ccc(-c4ccccc4)cc3c(-c3c4cc(-c5ccccc5)ccc4c(N(c4cc(C(C)(C)C)cc(C(C)(C)C)c4)c4cc(C(C)(C)C)cc(C(C)(C)C)c4)c4cc(-c5ccccc5)ccc34)c3ccc(-c4ccccc4)cc23)cc(C(C)(C)C)c1. The molecule has 0 aliphatic rings. The third kappa shape index (κ3) is 15.1. The maximum atomic E-state index is 2.70. The van der Waals surface area contributed by atoms with Crippen molar-refractivity contribution in [3.63, 3.8) is 0 Å². The van der Waals surface area contributed by atoms with Crippen molar-refractivity contribution in [2.45, 2.75) is 209 Å². The third-order valence-electron chi connectivity index (χ3n) is 22.9. The summed E-state index contributed by atoms with van der Waals surface area (Å²) in [5.74, 6) is 0. The number of fused-ring (bicyclic) bond motifs is 4. The van der Waals surface area contributed by atoms with E-state index < -0.39 is 0 Å². The van der Waals surface area contributed by atoms with Crippen LogP contribution in [0.15, 0.2) is 267 Å². The summed E-state index contributed by atoms with van der Waals surface area (Å²) < 4.78 is 0. The molecule has 0 saturated carbocycles. The van der Waals surface area contributed by atoms with Gasteiger partial charge < -0.3 is 9.80 Å². The van der Waals surface area contributed by atoms with Crippen LogP contribution in [0.4, 0.5) is 34.1 Å². The van der Waals surface area contributed by atoms with Crippen molar-refractivity contribution in [1.29, 1.82) is 0 Å². The smallest absolute Gasteiger partial charge is 0.0619 e. The van der Waals surface area contributed by atoms with E-state index in [1.54, 1.807) is 0 Å². The van der Waals surface area contributed by atoms with Gasteiger partial charge in [-0.1, -0.05) is 360 Å². The van der Waals surface area contributed by atoms with E-state index in [9.17, 15) is 0 Å². The summed E-state index contributed by atoms with van der Waals surface area (Å²) in [5, 5.41) is 9.30. The van der Waals surface area contributed by atoms with Crippen LogP contribution in [0.5, 0.6) is 0 Å². The normalized spacial score (nSPS) is 12.9. The molecule has 2 heteroatoms. The van der Waals surface area contributed by atoms with E-state index >= 15 is 0 Å². The molecule has 14 aromatic rings. The van der Waals surface area contributed by atoms with Crippen LogP contribution < -0.4 is 9.80 Å². The molecule has 0 atom stereocenters. The molecule has 0 aromatic heterocycles. The van der Waals surface area contributed by atoms with E-state index in [4.69, 9.17) is 0 Å². The van der Waals surface area contributed by atoms with Crippen molar-refractivity contribution in [2.75, 3.05) is 9.80 Å². The summed E-state index contributed by atoms with van der Waals surface area (Å²) >= 11 is 0. The zero-order chi connectivity index (χ0) is 78.7. The van der Waals surface area contributed by atoms with Gasteiger partial charge in [-0.2, -0.15) is 0 Å². The lowest BCUT2D eigenvalue weighted by Crippen LogP contribution is -2.21.